The number of fused-ring (bicyclic) bond motifs is 1. The zero-order valence-corrected chi connectivity index (χ0v) is 20.7. The van der Waals surface area contributed by atoms with Gasteiger partial charge in [0.2, 0.25) is 5.91 Å². The molecule has 0 saturated carbocycles. The average molecular weight is 499 g/mol. The van der Waals surface area contributed by atoms with Gasteiger partial charge in [0.05, 0.1) is 22.7 Å². The summed E-state index contributed by atoms with van der Waals surface area (Å²) in [6.07, 6.45) is 0.368. The average Bonchev–Trinajstić information content (AvgIpc) is 2.78. The van der Waals surface area contributed by atoms with Crippen molar-refractivity contribution in [3.8, 4) is 11.3 Å². The summed E-state index contributed by atoms with van der Waals surface area (Å²) < 4.78 is 32.5. The minimum Gasteiger partial charge on any atom is -0.443 e. The molecule has 0 radical (unpaired) electrons. The van der Waals surface area contributed by atoms with Crippen molar-refractivity contribution in [3.05, 3.63) is 42.7 Å². The van der Waals surface area contributed by atoms with E-state index in [1.54, 1.807) is 57.0 Å². The molecule has 1 fully saturated rings. The number of likely N-dealkylation sites (N-methyl/N-ethyl adjacent to an activating group) is 1. The van der Waals surface area contributed by atoms with Gasteiger partial charge < -0.3 is 14.5 Å². The number of nitrogens with zero attached hydrogens (tertiary/aromatic N) is 5. The number of rotatable bonds is 4. The molecule has 184 valence electrons. The first kappa shape index (κ1) is 24.3. The Kier molecular flexibility index (Phi) is 6.32. The molecular weight excluding hydrogens is 472 g/mol. The SMILES string of the molecule is CN1CCN(c2ncnc3ccc(-c4cccc(S(=O)(=O)NC(=O)OC(C)(C)C)c4)nc23)CC1=O. The van der Waals surface area contributed by atoms with Gasteiger partial charge in [0.15, 0.2) is 5.82 Å². The van der Waals surface area contributed by atoms with Crippen LogP contribution in [0.5, 0.6) is 0 Å². The molecule has 2 amide bonds. The molecule has 0 unspecified atom stereocenters. The van der Waals surface area contributed by atoms with E-state index >= 15 is 0 Å². The Morgan fingerprint density at radius 1 is 1.11 bits per heavy atom. The van der Waals surface area contributed by atoms with E-state index in [1.165, 1.54) is 18.5 Å². The number of carbonyl (C=O) groups is 2. The largest absolute Gasteiger partial charge is 0.443 e. The maximum Gasteiger partial charge on any atom is 0.421 e. The zero-order chi connectivity index (χ0) is 25.4. The Morgan fingerprint density at radius 2 is 1.89 bits per heavy atom. The summed E-state index contributed by atoms with van der Waals surface area (Å²) in [6, 6.07) is 9.56. The summed E-state index contributed by atoms with van der Waals surface area (Å²) in [7, 11) is -2.41. The fraction of sp³-hybridized carbons (Fsp3) is 0.348. The summed E-state index contributed by atoms with van der Waals surface area (Å²) in [4.78, 5) is 41.0. The molecule has 1 aliphatic rings. The topological polar surface area (TPSA) is 135 Å². The van der Waals surface area contributed by atoms with Crippen molar-refractivity contribution in [1.29, 1.82) is 0 Å². The van der Waals surface area contributed by atoms with Gasteiger partial charge in [0, 0.05) is 25.7 Å². The van der Waals surface area contributed by atoms with Crippen LogP contribution in [0.4, 0.5) is 10.6 Å². The molecule has 0 aliphatic carbocycles. The van der Waals surface area contributed by atoms with E-state index in [1.807, 2.05) is 9.62 Å². The molecule has 12 heteroatoms. The third kappa shape index (κ3) is 5.48. The fourth-order valence-corrected chi connectivity index (χ4v) is 4.47. The molecule has 1 aromatic carbocycles. The smallest absolute Gasteiger partial charge is 0.421 e. The Bertz CT molecular complexity index is 1400. The van der Waals surface area contributed by atoms with Crippen molar-refractivity contribution < 1.29 is 22.7 Å². The van der Waals surface area contributed by atoms with E-state index in [4.69, 9.17) is 9.72 Å². The number of hydrogen-bond acceptors (Lipinski definition) is 9. The predicted molar refractivity (Wildman–Crippen MR) is 129 cm³/mol. The van der Waals surface area contributed by atoms with E-state index in [9.17, 15) is 18.0 Å². The third-order valence-electron chi connectivity index (χ3n) is 5.28. The van der Waals surface area contributed by atoms with Crippen LogP contribution in [0, 0.1) is 0 Å². The van der Waals surface area contributed by atoms with E-state index in [0.717, 1.165) is 0 Å². The first-order valence-corrected chi connectivity index (χ1v) is 12.4. The van der Waals surface area contributed by atoms with Crippen LogP contribution in [0.3, 0.4) is 0 Å². The van der Waals surface area contributed by atoms with Crippen molar-refractivity contribution >= 4 is 38.9 Å². The molecular formula is C23H26N6O5S. The molecule has 0 bridgehead atoms. The van der Waals surface area contributed by atoms with Crippen molar-refractivity contribution in [3.63, 3.8) is 0 Å². The van der Waals surface area contributed by atoms with E-state index in [-0.39, 0.29) is 17.3 Å². The van der Waals surface area contributed by atoms with E-state index in [2.05, 4.69) is 9.97 Å². The first-order chi connectivity index (χ1) is 16.4. The molecule has 4 rings (SSSR count). The molecule has 0 spiro atoms. The first-order valence-electron chi connectivity index (χ1n) is 10.9. The number of amides is 2. The normalized spacial score (nSPS) is 14.8. The highest BCUT2D eigenvalue weighted by molar-refractivity contribution is 7.90. The number of nitrogens with one attached hydrogen (secondary N) is 1. The maximum absolute atomic E-state index is 12.7. The van der Waals surface area contributed by atoms with Gasteiger partial charge in [-0.2, -0.15) is 0 Å². The number of carbonyl (C=O) groups excluding carboxylic acids is 2. The van der Waals surface area contributed by atoms with Crippen LogP contribution in [-0.4, -0.2) is 72.6 Å². The van der Waals surface area contributed by atoms with E-state index in [0.29, 0.717) is 41.2 Å². The molecule has 1 aliphatic heterocycles. The summed E-state index contributed by atoms with van der Waals surface area (Å²) in [5.74, 6) is 0.517. The predicted octanol–water partition coefficient (Wildman–Crippen LogP) is 2.18. The number of anilines is 1. The number of hydrogen-bond donors (Lipinski definition) is 1. The van der Waals surface area contributed by atoms with Crippen LogP contribution < -0.4 is 9.62 Å². The Hall–Kier alpha value is -3.80. The van der Waals surface area contributed by atoms with Crippen LogP contribution in [-0.2, 0) is 19.6 Å². The van der Waals surface area contributed by atoms with Crippen molar-refractivity contribution in [2.75, 3.05) is 31.6 Å². The molecule has 3 heterocycles. The minimum absolute atomic E-state index is 0.0189. The number of aromatic nitrogens is 3. The number of benzene rings is 1. The van der Waals surface area contributed by atoms with Gasteiger partial charge in [-0.05, 0) is 45.0 Å². The van der Waals surface area contributed by atoms with Crippen LogP contribution in [0.2, 0.25) is 0 Å². The van der Waals surface area contributed by atoms with Gasteiger partial charge >= 0.3 is 6.09 Å². The highest BCUT2D eigenvalue weighted by Crippen LogP contribution is 2.27. The lowest BCUT2D eigenvalue weighted by molar-refractivity contribution is -0.129. The second-order valence-corrected chi connectivity index (χ2v) is 10.8. The molecule has 35 heavy (non-hydrogen) atoms. The summed E-state index contributed by atoms with van der Waals surface area (Å²) in [6.45, 7) is 6.27. The van der Waals surface area contributed by atoms with Gasteiger partial charge in [-0.15, -0.1) is 0 Å². The second-order valence-electron chi connectivity index (χ2n) is 9.13. The van der Waals surface area contributed by atoms with Gasteiger partial charge in [-0.25, -0.2) is 32.9 Å². The van der Waals surface area contributed by atoms with Crippen molar-refractivity contribution in [2.24, 2.45) is 0 Å². The number of pyridine rings is 1. The van der Waals surface area contributed by atoms with E-state index < -0.39 is 21.7 Å². The van der Waals surface area contributed by atoms with Gasteiger partial charge in [0.25, 0.3) is 10.0 Å². The summed E-state index contributed by atoms with van der Waals surface area (Å²) in [5, 5.41) is 0. The molecule has 2 aromatic heterocycles. The Labute approximate surface area is 203 Å². The zero-order valence-electron chi connectivity index (χ0n) is 19.8. The van der Waals surface area contributed by atoms with Gasteiger partial charge in [0.1, 0.15) is 17.4 Å². The van der Waals surface area contributed by atoms with Crippen molar-refractivity contribution in [1.82, 2.24) is 24.6 Å². The lowest BCUT2D eigenvalue weighted by Crippen LogP contribution is -2.49. The van der Waals surface area contributed by atoms with Gasteiger partial charge in [-0.1, -0.05) is 12.1 Å². The lowest BCUT2D eigenvalue weighted by Gasteiger charge is -2.32. The Morgan fingerprint density at radius 3 is 2.60 bits per heavy atom. The van der Waals surface area contributed by atoms with Crippen LogP contribution in [0.25, 0.3) is 22.3 Å². The molecule has 0 atom stereocenters. The van der Waals surface area contributed by atoms with Crippen LogP contribution >= 0.6 is 0 Å². The molecule has 11 nitrogen and oxygen atoms in total. The van der Waals surface area contributed by atoms with Crippen LogP contribution in [0.15, 0.2) is 47.6 Å². The monoisotopic (exact) mass is 498 g/mol. The molecule has 1 saturated heterocycles. The maximum atomic E-state index is 12.7. The number of piperazine rings is 1. The van der Waals surface area contributed by atoms with Crippen LogP contribution in [0.1, 0.15) is 20.8 Å². The second kappa shape index (κ2) is 9.10. The lowest BCUT2D eigenvalue weighted by atomic mass is 10.1. The van der Waals surface area contributed by atoms with Gasteiger partial charge in [-0.3, -0.25) is 4.79 Å². The standard InChI is InChI=1S/C23H26N6O5S/c1-23(2,3)34-22(31)27-35(32,33)16-7-5-6-15(12-16)17-8-9-18-20(26-17)21(25-14-24-18)29-11-10-28(4)19(30)13-29/h5-9,12,14H,10-11,13H2,1-4H3,(H,27,31). The number of ether oxygens (including phenoxy) is 1. The fourth-order valence-electron chi connectivity index (χ4n) is 3.55. The summed E-state index contributed by atoms with van der Waals surface area (Å²) >= 11 is 0. The third-order valence-corrected chi connectivity index (χ3v) is 6.59. The molecule has 3 aromatic rings. The quantitative estimate of drug-likeness (QED) is 0.574. The van der Waals surface area contributed by atoms with Crippen molar-refractivity contribution in [2.45, 2.75) is 31.3 Å². The highest BCUT2D eigenvalue weighted by Gasteiger charge is 2.25. The number of sulfonamides is 1. The minimum atomic E-state index is -4.17. The highest BCUT2D eigenvalue weighted by atomic mass is 32.2. The summed E-state index contributed by atoms with van der Waals surface area (Å²) in [5.41, 5.74) is 1.26. The Balaban J connectivity index is 1.67. The molecule has 1 N–H and O–H groups in total.